The lowest BCUT2D eigenvalue weighted by Crippen LogP contribution is -2.25. The van der Waals surface area contributed by atoms with E-state index in [2.05, 4.69) is 11.2 Å². The number of benzene rings is 1. The van der Waals surface area contributed by atoms with Gasteiger partial charge in [0.05, 0.1) is 18.7 Å². The molecule has 21 heavy (non-hydrogen) atoms. The fourth-order valence-electron chi connectivity index (χ4n) is 2.95. The van der Waals surface area contributed by atoms with Crippen LogP contribution in [0.15, 0.2) is 30.3 Å². The quantitative estimate of drug-likeness (QED) is 0.867. The monoisotopic (exact) mass is 284 g/mol. The van der Waals surface area contributed by atoms with Gasteiger partial charge in [0.2, 0.25) is 0 Å². The van der Waals surface area contributed by atoms with Gasteiger partial charge in [-0.25, -0.2) is 0 Å². The van der Waals surface area contributed by atoms with Crippen LogP contribution in [0.4, 0.5) is 0 Å². The first-order valence-electron chi connectivity index (χ1n) is 7.44. The van der Waals surface area contributed by atoms with Crippen molar-refractivity contribution >= 4 is 5.78 Å². The lowest BCUT2D eigenvalue weighted by Gasteiger charge is -2.25. The van der Waals surface area contributed by atoms with E-state index in [9.17, 15) is 4.79 Å². The van der Waals surface area contributed by atoms with Gasteiger partial charge in [0.1, 0.15) is 6.10 Å². The Bertz CT molecular complexity index is 661. The Kier molecular flexibility index (Phi) is 3.88. The molecular weight excluding hydrogens is 264 g/mol. The minimum atomic E-state index is -0.435. The first-order valence-corrected chi connectivity index (χ1v) is 7.44. The van der Waals surface area contributed by atoms with E-state index in [0.717, 1.165) is 29.9 Å². The van der Waals surface area contributed by atoms with Crippen molar-refractivity contribution in [2.24, 2.45) is 0 Å². The summed E-state index contributed by atoms with van der Waals surface area (Å²) in [5.41, 5.74) is 4.16. The van der Waals surface area contributed by atoms with Crippen LogP contribution in [0.25, 0.3) is 0 Å². The van der Waals surface area contributed by atoms with Gasteiger partial charge in [-0.3, -0.25) is 9.48 Å². The fourth-order valence-corrected chi connectivity index (χ4v) is 2.95. The molecule has 0 fully saturated rings. The molecule has 4 nitrogen and oxygen atoms in total. The second kappa shape index (κ2) is 5.82. The molecule has 0 bridgehead atoms. The maximum Gasteiger partial charge on any atom is 0.172 e. The van der Waals surface area contributed by atoms with Crippen molar-refractivity contribution in [1.82, 2.24) is 9.78 Å². The average Bonchev–Trinajstić information content (AvgIpc) is 2.86. The zero-order chi connectivity index (χ0) is 14.8. The second-order valence-corrected chi connectivity index (χ2v) is 5.44. The fraction of sp³-hybridized carbons (Fsp3) is 0.412. The van der Waals surface area contributed by atoms with Crippen molar-refractivity contribution in [3.8, 4) is 0 Å². The summed E-state index contributed by atoms with van der Waals surface area (Å²) in [4.78, 5) is 12.6. The van der Waals surface area contributed by atoms with E-state index in [1.54, 1.807) is 0 Å². The summed E-state index contributed by atoms with van der Waals surface area (Å²) in [6.45, 7) is 5.37. The Morgan fingerprint density at radius 1 is 1.43 bits per heavy atom. The van der Waals surface area contributed by atoms with E-state index in [1.807, 2.05) is 42.8 Å². The molecule has 0 spiro atoms. The molecule has 1 atom stereocenters. The molecule has 0 aliphatic carbocycles. The number of hydrogen-bond acceptors (Lipinski definition) is 3. The molecular formula is C17H20N2O2. The molecule has 0 amide bonds. The summed E-state index contributed by atoms with van der Waals surface area (Å²) >= 11 is 0. The number of Topliss-reactive ketones (excluding diaryl/α,β-unsaturated/α-hetero) is 1. The van der Waals surface area contributed by atoms with E-state index in [1.165, 1.54) is 5.56 Å². The normalized spacial score (nSPS) is 17.5. The van der Waals surface area contributed by atoms with E-state index in [4.69, 9.17) is 4.74 Å². The van der Waals surface area contributed by atoms with E-state index in [-0.39, 0.29) is 5.78 Å². The predicted molar refractivity (Wildman–Crippen MR) is 80.2 cm³/mol. The van der Waals surface area contributed by atoms with Gasteiger partial charge in [-0.05, 0) is 37.5 Å². The van der Waals surface area contributed by atoms with Crippen molar-refractivity contribution in [1.29, 1.82) is 0 Å². The minimum absolute atomic E-state index is 0.108. The summed E-state index contributed by atoms with van der Waals surface area (Å²) in [6.07, 6.45) is 0.815. The third kappa shape index (κ3) is 2.76. The molecule has 1 aliphatic rings. The Balaban J connectivity index is 1.83. The number of aromatic nitrogens is 2. The second-order valence-electron chi connectivity index (χ2n) is 5.44. The largest absolute Gasteiger partial charge is 0.365 e. The number of rotatable bonds is 4. The molecule has 1 aromatic heterocycles. The highest BCUT2D eigenvalue weighted by Crippen LogP contribution is 2.28. The minimum Gasteiger partial charge on any atom is -0.365 e. The van der Waals surface area contributed by atoms with Crippen molar-refractivity contribution < 1.29 is 9.53 Å². The van der Waals surface area contributed by atoms with Crippen molar-refractivity contribution in [3.63, 3.8) is 0 Å². The molecule has 2 heterocycles. The van der Waals surface area contributed by atoms with Crippen LogP contribution < -0.4 is 0 Å². The van der Waals surface area contributed by atoms with Crippen LogP contribution in [0.3, 0.4) is 0 Å². The van der Waals surface area contributed by atoms with Crippen LogP contribution in [-0.4, -0.2) is 22.2 Å². The Morgan fingerprint density at radius 3 is 3.05 bits per heavy atom. The third-order valence-electron chi connectivity index (χ3n) is 3.93. The lowest BCUT2D eigenvalue weighted by atomic mass is 9.93. The Morgan fingerprint density at radius 2 is 2.24 bits per heavy atom. The zero-order valence-corrected chi connectivity index (χ0v) is 12.5. The Labute approximate surface area is 124 Å². The maximum atomic E-state index is 12.6. The van der Waals surface area contributed by atoms with Gasteiger partial charge >= 0.3 is 0 Å². The first kappa shape index (κ1) is 14.0. The first-order chi connectivity index (χ1) is 10.2. The van der Waals surface area contributed by atoms with Crippen LogP contribution in [0, 0.1) is 6.92 Å². The summed E-state index contributed by atoms with van der Waals surface area (Å²) in [5, 5.41) is 4.40. The topological polar surface area (TPSA) is 44.1 Å². The molecule has 0 radical (unpaired) electrons. The number of ether oxygens (including phenoxy) is 1. The molecule has 1 aliphatic heterocycles. The molecule has 3 rings (SSSR count). The van der Waals surface area contributed by atoms with Gasteiger partial charge in [0, 0.05) is 12.2 Å². The molecule has 0 saturated carbocycles. The van der Waals surface area contributed by atoms with Crippen LogP contribution in [-0.2, 0) is 28.9 Å². The maximum absolute atomic E-state index is 12.6. The Hall–Kier alpha value is -1.94. The van der Waals surface area contributed by atoms with Gasteiger partial charge in [-0.15, -0.1) is 0 Å². The highest BCUT2D eigenvalue weighted by molar-refractivity contribution is 5.86. The number of nitrogens with zero attached hydrogens (tertiary/aromatic N) is 2. The van der Waals surface area contributed by atoms with Crippen LogP contribution >= 0.6 is 0 Å². The standard InChI is InChI=1S/C17H20N2O2/c1-3-19-14(10-12(2)18-19)11-16(20)17-15-7-5-4-6-13(15)8-9-21-17/h4-7,10,17H,3,8-9,11H2,1-2H3. The molecule has 0 saturated heterocycles. The number of carbonyl (C=O) groups is 1. The van der Waals surface area contributed by atoms with Crippen molar-refractivity contribution in [2.45, 2.75) is 39.3 Å². The van der Waals surface area contributed by atoms with E-state index in [0.29, 0.717) is 13.0 Å². The molecule has 1 unspecified atom stereocenters. The number of fused-ring (bicyclic) bond motifs is 1. The molecule has 1 aromatic carbocycles. The zero-order valence-electron chi connectivity index (χ0n) is 12.5. The predicted octanol–water partition coefficient (Wildman–Crippen LogP) is 2.64. The lowest BCUT2D eigenvalue weighted by molar-refractivity contribution is -0.131. The highest BCUT2D eigenvalue weighted by atomic mass is 16.5. The van der Waals surface area contributed by atoms with Gasteiger partial charge < -0.3 is 4.74 Å². The number of ketones is 1. The summed E-state index contributed by atoms with van der Waals surface area (Å²) in [6, 6.07) is 10.0. The molecule has 4 heteroatoms. The van der Waals surface area contributed by atoms with Gasteiger partial charge in [0.15, 0.2) is 5.78 Å². The summed E-state index contributed by atoms with van der Waals surface area (Å²) in [5.74, 6) is 0.108. The van der Waals surface area contributed by atoms with Crippen molar-refractivity contribution in [3.05, 3.63) is 52.8 Å². The van der Waals surface area contributed by atoms with Crippen molar-refractivity contribution in [2.75, 3.05) is 6.61 Å². The van der Waals surface area contributed by atoms with E-state index >= 15 is 0 Å². The van der Waals surface area contributed by atoms with E-state index < -0.39 is 6.10 Å². The van der Waals surface area contributed by atoms with Crippen LogP contribution in [0.5, 0.6) is 0 Å². The number of hydrogen-bond donors (Lipinski definition) is 0. The number of carbonyl (C=O) groups excluding carboxylic acids is 1. The molecule has 0 N–H and O–H groups in total. The summed E-state index contributed by atoms with van der Waals surface area (Å²) < 4.78 is 7.63. The average molecular weight is 284 g/mol. The molecule has 110 valence electrons. The molecule has 2 aromatic rings. The van der Waals surface area contributed by atoms with Gasteiger partial charge in [-0.1, -0.05) is 24.3 Å². The smallest absolute Gasteiger partial charge is 0.172 e. The van der Waals surface area contributed by atoms with Gasteiger partial charge in [-0.2, -0.15) is 5.10 Å². The third-order valence-corrected chi connectivity index (χ3v) is 3.93. The van der Waals surface area contributed by atoms with Crippen LogP contribution in [0.1, 0.15) is 35.5 Å². The van der Waals surface area contributed by atoms with Crippen LogP contribution in [0.2, 0.25) is 0 Å². The summed E-state index contributed by atoms with van der Waals surface area (Å²) in [7, 11) is 0. The van der Waals surface area contributed by atoms with Gasteiger partial charge in [0.25, 0.3) is 0 Å². The number of aryl methyl sites for hydroxylation is 2. The SMILES string of the molecule is CCn1nc(C)cc1CC(=O)C1OCCc2ccccc21. The highest BCUT2D eigenvalue weighted by Gasteiger charge is 2.27.